The summed E-state index contributed by atoms with van der Waals surface area (Å²) in [5, 5.41) is 2.86. The lowest BCUT2D eigenvalue weighted by atomic mass is 10.2. The lowest BCUT2D eigenvalue weighted by Gasteiger charge is -2.12. The topological polar surface area (TPSA) is 47.6 Å². The van der Waals surface area contributed by atoms with Crippen LogP contribution in [0.15, 0.2) is 72.8 Å². The van der Waals surface area contributed by atoms with Gasteiger partial charge in [0.25, 0.3) is 5.91 Å². The van der Waals surface area contributed by atoms with Crippen LogP contribution in [0.3, 0.4) is 0 Å². The minimum Gasteiger partial charge on any atom is -0.491 e. The molecule has 0 saturated heterocycles. The second-order valence-corrected chi connectivity index (χ2v) is 5.88. The standard InChI is InChI=1S/C22H20FNO3/c1-2-15-26-21-6-4-3-5-20(21)24-22(25)16-7-11-18(12-8-16)27-19-13-9-17(23)10-14-19/h3-14H,2,15H2,1H3,(H,24,25). The molecule has 1 N–H and O–H groups in total. The van der Waals surface area contributed by atoms with E-state index in [9.17, 15) is 9.18 Å². The third kappa shape index (κ3) is 5.07. The molecule has 0 aromatic heterocycles. The van der Waals surface area contributed by atoms with Crippen molar-refractivity contribution in [3.05, 3.63) is 84.2 Å². The third-order valence-electron chi connectivity index (χ3n) is 3.76. The van der Waals surface area contributed by atoms with E-state index >= 15 is 0 Å². The molecule has 0 unspecified atom stereocenters. The number of halogens is 1. The van der Waals surface area contributed by atoms with Gasteiger partial charge >= 0.3 is 0 Å². The van der Waals surface area contributed by atoms with Crippen LogP contribution in [-0.2, 0) is 0 Å². The van der Waals surface area contributed by atoms with Gasteiger partial charge in [-0.1, -0.05) is 19.1 Å². The molecule has 3 aromatic rings. The molecule has 138 valence electrons. The van der Waals surface area contributed by atoms with Gasteiger partial charge in [0.2, 0.25) is 0 Å². The second kappa shape index (κ2) is 8.85. The molecule has 5 heteroatoms. The van der Waals surface area contributed by atoms with Crippen molar-refractivity contribution in [2.45, 2.75) is 13.3 Å². The van der Waals surface area contributed by atoms with Crippen molar-refractivity contribution in [3.63, 3.8) is 0 Å². The Balaban J connectivity index is 1.66. The Morgan fingerprint density at radius 1 is 0.926 bits per heavy atom. The van der Waals surface area contributed by atoms with Crippen LogP contribution in [0.5, 0.6) is 17.2 Å². The number of rotatable bonds is 7. The molecular weight excluding hydrogens is 345 g/mol. The van der Waals surface area contributed by atoms with Gasteiger partial charge in [0.1, 0.15) is 23.1 Å². The van der Waals surface area contributed by atoms with Gasteiger partial charge in [0.15, 0.2) is 0 Å². The Morgan fingerprint density at radius 2 is 1.56 bits per heavy atom. The highest BCUT2D eigenvalue weighted by Crippen LogP contribution is 2.25. The summed E-state index contributed by atoms with van der Waals surface area (Å²) >= 11 is 0. The van der Waals surface area contributed by atoms with E-state index in [1.807, 2.05) is 25.1 Å². The Hall–Kier alpha value is -3.34. The van der Waals surface area contributed by atoms with Gasteiger partial charge in [-0.3, -0.25) is 4.79 Å². The molecule has 0 bridgehead atoms. The number of carbonyl (C=O) groups excluding carboxylic acids is 1. The van der Waals surface area contributed by atoms with E-state index in [2.05, 4.69) is 5.32 Å². The summed E-state index contributed by atoms with van der Waals surface area (Å²) in [7, 11) is 0. The molecule has 0 aliphatic rings. The maximum Gasteiger partial charge on any atom is 0.255 e. The van der Waals surface area contributed by atoms with Gasteiger partial charge in [-0.05, 0) is 67.1 Å². The first-order valence-corrected chi connectivity index (χ1v) is 8.72. The van der Waals surface area contributed by atoms with Crippen molar-refractivity contribution in [2.75, 3.05) is 11.9 Å². The number of hydrogen-bond donors (Lipinski definition) is 1. The monoisotopic (exact) mass is 365 g/mol. The van der Waals surface area contributed by atoms with Crippen LogP contribution in [0.2, 0.25) is 0 Å². The zero-order valence-electron chi connectivity index (χ0n) is 14.9. The zero-order chi connectivity index (χ0) is 19.1. The zero-order valence-corrected chi connectivity index (χ0v) is 14.9. The van der Waals surface area contributed by atoms with Crippen LogP contribution in [0.25, 0.3) is 0 Å². The predicted octanol–water partition coefficient (Wildman–Crippen LogP) is 5.66. The first-order valence-electron chi connectivity index (χ1n) is 8.72. The van der Waals surface area contributed by atoms with Crippen LogP contribution in [-0.4, -0.2) is 12.5 Å². The second-order valence-electron chi connectivity index (χ2n) is 5.88. The predicted molar refractivity (Wildman–Crippen MR) is 103 cm³/mol. The lowest BCUT2D eigenvalue weighted by molar-refractivity contribution is 0.102. The lowest BCUT2D eigenvalue weighted by Crippen LogP contribution is -2.13. The average Bonchev–Trinajstić information content (AvgIpc) is 2.69. The fraction of sp³-hybridized carbons (Fsp3) is 0.136. The molecule has 0 fully saturated rings. The Labute approximate surface area is 157 Å². The molecule has 27 heavy (non-hydrogen) atoms. The summed E-state index contributed by atoms with van der Waals surface area (Å²) in [6.45, 7) is 2.61. The van der Waals surface area contributed by atoms with E-state index in [4.69, 9.17) is 9.47 Å². The average molecular weight is 365 g/mol. The Bertz CT molecular complexity index is 892. The molecule has 0 radical (unpaired) electrons. The smallest absolute Gasteiger partial charge is 0.255 e. The number of ether oxygens (including phenoxy) is 2. The number of nitrogens with one attached hydrogen (secondary N) is 1. The highest BCUT2D eigenvalue weighted by Gasteiger charge is 2.10. The fourth-order valence-electron chi connectivity index (χ4n) is 2.42. The normalized spacial score (nSPS) is 10.3. The highest BCUT2D eigenvalue weighted by atomic mass is 19.1. The summed E-state index contributed by atoms with van der Waals surface area (Å²) in [4.78, 5) is 12.5. The van der Waals surface area contributed by atoms with Crippen molar-refractivity contribution < 1.29 is 18.7 Å². The van der Waals surface area contributed by atoms with E-state index in [1.54, 1.807) is 42.5 Å². The largest absolute Gasteiger partial charge is 0.491 e. The first-order chi connectivity index (χ1) is 13.2. The van der Waals surface area contributed by atoms with Gasteiger partial charge in [-0.2, -0.15) is 0 Å². The molecule has 0 atom stereocenters. The van der Waals surface area contributed by atoms with E-state index in [0.717, 1.165) is 6.42 Å². The Kier molecular flexibility index (Phi) is 6.05. The maximum absolute atomic E-state index is 12.9. The van der Waals surface area contributed by atoms with E-state index in [1.165, 1.54) is 12.1 Å². The minimum absolute atomic E-state index is 0.240. The molecule has 4 nitrogen and oxygen atoms in total. The molecule has 0 spiro atoms. The summed E-state index contributed by atoms with van der Waals surface area (Å²) in [6, 6.07) is 19.8. The van der Waals surface area contributed by atoms with E-state index in [0.29, 0.717) is 35.1 Å². The first kappa shape index (κ1) is 18.5. The van der Waals surface area contributed by atoms with E-state index < -0.39 is 0 Å². The number of carbonyl (C=O) groups is 1. The maximum atomic E-state index is 12.9. The summed E-state index contributed by atoms with van der Waals surface area (Å²) in [5.41, 5.74) is 1.12. The van der Waals surface area contributed by atoms with Crippen molar-refractivity contribution in [1.82, 2.24) is 0 Å². The molecule has 0 aliphatic heterocycles. The third-order valence-corrected chi connectivity index (χ3v) is 3.76. The van der Waals surface area contributed by atoms with Gasteiger partial charge < -0.3 is 14.8 Å². The number of benzene rings is 3. The van der Waals surface area contributed by atoms with Crippen LogP contribution in [0, 0.1) is 5.82 Å². The highest BCUT2D eigenvalue weighted by molar-refractivity contribution is 6.05. The molecule has 0 aliphatic carbocycles. The van der Waals surface area contributed by atoms with Crippen LogP contribution in [0.1, 0.15) is 23.7 Å². The molecular formula is C22H20FNO3. The summed E-state index contributed by atoms with van der Waals surface area (Å²) in [6.07, 6.45) is 0.887. The van der Waals surface area contributed by atoms with Gasteiger partial charge in [-0.15, -0.1) is 0 Å². The minimum atomic E-state index is -0.322. The summed E-state index contributed by atoms with van der Waals surface area (Å²) < 4.78 is 24.2. The van der Waals surface area contributed by atoms with Crippen LogP contribution >= 0.6 is 0 Å². The quantitative estimate of drug-likeness (QED) is 0.588. The van der Waals surface area contributed by atoms with Gasteiger partial charge in [-0.25, -0.2) is 4.39 Å². The van der Waals surface area contributed by atoms with Crippen molar-refractivity contribution in [1.29, 1.82) is 0 Å². The van der Waals surface area contributed by atoms with E-state index in [-0.39, 0.29) is 11.7 Å². The van der Waals surface area contributed by atoms with Crippen LogP contribution < -0.4 is 14.8 Å². The fourth-order valence-corrected chi connectivity index (χ4v) is 2.42. The van der Waals surface area contributed by atoms with Crippen LogP contribution in [0.4, 0.5) is 10.1 Å². The number of hydrogen-bond acceptors (Lipinski definition) is 3. The number of para-hydroxylation sites is 2. The van der Waals surface area contributed by atoms with Crippen molar-refractivity contribution in [2.24, 2.45) is 0 Å². The SMILES string of the molecule is CCCOc1ccccc1NC(=O)c1ccc(Oc2ccc(F)cc2)cc1. The van der Waals surface area contributed by atoms with Crippen molar-refractivity contribution >= 4 is 11.6 Å². The van der Waals surface area contributed by atoms with Gasteiger partial charge in [0.05, 0.1) is 12.3 Å². The molecule has 0 saturated carbocycles. The summed E-state index contributed by atoms with van der Waals surface area (Å²) in [5.74, 6) is 1.16. The molecule has 3 rings (SSSR count). The Morgan fingerprint density at radius 3 is 2.22 bits per heavy atom. The van der Waals surface area contributed by atoms with Gasteiger partial charge in [0, 0.05) is 5.56 Å². The molecule has 0 heterocycles. The number of anilines is 1. The molecule has 1 amide bonds. The number of amides is 1. The molecule has 3 aromatic carbocycles. The van der Waals surface area contributed by atoms with Crippen molar-refractivity contribution in [3.8, 4) is 17.2 Å².